The van der Waals surface area contributed by atoms with Crippen LogP contribution in [0.15, 0.2) is 47.4 Å². The number of thiazole rings is 1. The monoisotopic (exact) mass is 446 g/mol. The first kappa shape index (κ1) is 21.1. The lowest BCUT2D eigenvalue weighted by atomic mass is 10.2. The van der Waals surface area contributed by atoms with Gasteiger partial charge in [-0.05, 0) is 49.2 Å². The number of nitrogens with zero attached hydrogens (tertiary/aromatic N) is 2. The second-order valence-corrected chi connectivity index (χ2v) is 9.17. The highest BCUT2D eigenvalue weighted by atomic mass is 32.2. The highest BCUT2D eigenvalue weighted by Crippen LogP contribution is 2.35. The third kappa shape index (κ3) is 4.94. The number of para-hydroxylation sites is 1. The molecule has 1 fully saturated rings. The smallest absolute Gasteiger partial charge is 0.229 e. The first-order valence-corrected chi connectivity index (χ1v) is 11.7. The molecule has 1 amide bonds. The quantitative estimate of drug-likeness (QED) is 0.449. The molecular formula is C22H23FN2O3S2. The van der Waals surface area contributed by atoms with Gasteiger partial charge < -0.3 is 9.47 Å². The van der Waals surface area contributed by atoms with Crippen molar-refractivity contribution in [2.45, 2.75) is 30.3 Å². The third-order valence-electron chi connectivity index (χ3n) is 4.93. The van der Waals surface area contributed by atoms with Gasteiger partial charge in [0.2, 0.25) is 5.91 Å². The van der Waals surface area contributed by atoms with Crippen molar-refractivity contribution in [2.75, 3.05) is 30.9 Å². The zero-order valence-corrected chi connectivity index (χ0v) is 18.3. The Hall–Kier alpha value is -2.16. The Morgan fingerprint density at radius 2 is 2.17 bits per heavy atom. The van der Waals surface area contributed by atoms with Gasteiger partial charge >= 0.3 is 0 Å². The first-order chi connectivity index (χ1) is 14.6. The van der Waals surface area contributed by atoms with E-state index in [1.54, 1.807) is 35.9 Å². The normalized spacial score (nSPS) is 16.1. The zero-order valence-electron chi connectivity index (χ0n) is 16.7. The Morgan fingerprint density at radius 1 is 1.33 bits per heavy atom. The summed E-state index contributed by atoms with van der Waals surface area (Å²) in [6.07, 6.45) is 2.36. The fourth-order valence-corrected chi connectivity index (χ4v) is 5.24. The third-order valence-corrected chi connectivity index (χ3v) is 6.99. The summed E-state index contributed by atoms with van der Waals surface area (Å²) < 4.78 is 25.3. The lowest BCUT2D eigenvalue weighted by molar-refractivity contribution is -0.118. The molecule has 3 aromatic rings. The fraction of sp³-hybridized carbons (Fsp3) is 0.364. The molecule has 4 rings (SSSR count). The van der Waals surface area contributed by atoms with E-state index in [1.165, 1.54) is 23.5 Å². The summed E-state index contributed by atoms with van der Waals surface area (Å²) in [6.45, 7) is 1.24. The van der Waals surface area contributed by atoms with Crippen LogP contribution >= 0.6 is 23.1 Å². The van der Waals surface area contributed by atoms with Crippen LogP contribution in [0.2, 0.25) is 0 Å². The van der Waals surface area contributed by atoms with Crippen molar-refractivity contribution < 1.29 is 18.7 Å². The van der Waals surface area contributed by atoms with Gasteiger partial charge in [0.15, 0.2) is 5.13 Å². The molecule has 0 spiro atoms. The van der Waals surface area contributed by atoms with Crippen molar-refractivity contribution in [3.8, 4) is 5.75 Å². The van der Waals surface area contributed by atoms with Crippen molar-refractivity contribution >= 4 is 44.4 Å². The number of hydrogen-bond donors (Lipinski definition) is 0. The largest absolute Gasteiger partial charge is 0.494 e. The molecule has 0 saturated carbocycles. The van der Waals surface area contributed by atoms with Gasteiger partial charge in [-0.25, -0.2) is 9.37 Å². The molecule has 8 heteroatoms. The molecule has 1 aliphatic rings. The van der Waals surface area contributed by atoms with Crippen LogP contribution in [0.25, 0.3) is 10.2 Å². The lowest BCUT2D eigenvalue weighted by Gasteiger charge is -2.23. The number of benzene rings is 2. The number of halogens is 1. The van der Waals surface area contributed by atoms with E-state index in [4.69, 9.17) is 14.5 Å². The Kier molecular flexibility index (Phi) is 6.86. The number of hydrogen-bond acceptors (Lipinski definition) is 6. The number of carbonyl (C=O) groups is 1. The second kappa shape index (κ2) is 9.76. The summed E-state index contributed by atoms with van der Waals surface area (Å²) in [5.41, 5.74) is 0.769. The predicted octanol–water partition coefficient (Wildman–Crippen LogP) is 5.14. The minimum absolute atomic E-state index is 0.0122. The highest BCUT2D eigenvalue weighted by Gasteiger charge is 2.26. The summed E-state index contributed by atoms with van der Waals surface area (Å²) in [4.78, 5) is 20.6. The molecule has 1 saturated heterocycles. The number of fused-ring (bicyclic) bond motifs is 1. The van der Waals surface area contributed by atoms with Gasteiger partial charge in [-0.15, -0.1) is 11.8 Å². The number of rotatable bonds is 8. The molecule has 0 bridgehead atoms. The fourth-order valence-electron chi connectivity index (χ4n) is 3.39. The Bertz CT molecular complexity index is 1000. The van der Waals surface area contributed by atoms with Crippen LogP contribution in [0, 0.1) is 5.82 Å². The molecule has 2 heterocycles. The maximum Gasteiger partial charge on any atom is 0.229 e. The molecule has 2 aromatic carbocycles. The maximum absolute atomic E-state index is 13.1. The molecule has 0 unspecified atom stereocenters. The summed E-state index contributed by atoms with van der Waals surface area (Å²) in [7, 11) is 1.62. The summed E-state index contributed by atoms with van der Waals surface area (Å²) in [5.74, 6) is 1.06. The van der Waals surface area contributed by atoms with Gasteiger partial charge in [-0.2, -0.15) is 0 Å². The minimum atomic E-state index is -0.260. The first-order valence-electron chi connectivity index (χ1n) is 9.88. The van der Waals surface area contributed by atoms with E-state index < -0.39 is 0 Å². The van der Waals surface area contributed by atoms with Crippen LogP contribution < -0.4 is 9.64 Å². The molecule has 5 nitrogen and oxygen atoms in total. The van der Waals surface area contributed by atoms with Gasteiger partial charge in [0, 0.05) is 23.7 Å². The number of anilines is 1. The van der Waals surface area contributed by atoms with E-state index >= 15 is 0 Å². The molecule has 1 aromatic heterocycles. The number of amides is 1. The topological polar surface area (TPSA) is 51.7 Å². The lowest BCUT2D eigenvalue weighted by Crippen LogP contribution is -2.37. The van der Waals surface area contributed by atoms with E-state index in [9.17, 15) is 9.18 Å². The predicted molar refractivity (Wildman–Crippen MR) is 119 cm³/mol. The standard InChI is InChI=1S/C22H23FN2O3S2/c1-27-18-5-2-6-19-21(18)24-22(30-19)25(14-16-4-3-12-28-16)20(26)11-13-29-17-9-7-15(23)8-10-17/h2,5-10,16H,3-4,11-14H2,1H3/t16-/m0/s1. The molecule has 1 aliphatic heterocycles. The number of ether oxygens (including phenoxy) is 2. The van der Waals surface area contributed by atoms with Crippen molar-refractivity contribution in [1.82, 2.24) is 4.98 Å². The Morgan fingerprint density at radius 3 is 2.90 bits per heavy atom. The number of carbonyl (C=O) groups excluding carboxylic acids is 1. The minimum Gasteiger partial charge on any atom is -0.494 e. The molecular weight excluding hydrogens is 423 g/mol. The average molecular weight is 447 g/mol. The highest BCUT2D eigenvalue weighted by molar-refractivity contribution is 7.99. The van der Waals surface area contributed by atoms with E-state index in [0.29, 0.717) is 29.6 Å². The van der Waals surface area contributed by atoms with Gasteiger partial charge in [0.1, 0.15) is 17.1 Å². The maximum atomic E-state index is 13.1. The number of thioether (sulfide) groups is 1. The number of methoxy groups -OCH3 is 1. The van der Waals surface area contributed by atoms with Gasteiger partial charge in [-0.3, -0.25) is 9.69 Å². The summed E-state index contributed by atoms with van der Waals surface area (Å²) >= 11 is 3.03. The van der Waals surface area contributed by atoms with E-state index in [2.05, 4.69) is 0 Å². The van der Waals surface area contributed by atoms with Crippen LogP contribution in [-0.4, -0.2) is 43.0 Å². The molecule has 1 atom stereocenters. The summed E-state index contributed by atoms with van der Waals surface area (Å²) in [6, 6.07) is 12.1. The molecule has 158 valence electrons. The molecule has 30 heavy (non-hydrogen) atoms. The Labute approximate surface area is 183 Å². The van der Waals surface area contributed by atoms with Crippen molar-refractivity contribution in [3.63, 3.8) is 0 Å². The average Bonchev–Trinajstić information content (AvgIpc) is 3.42. The van der Waals surface area contributed by atoms with Crippen LogP contribution in [0.4, 0.5) is 9.52 Å². The zero-order chi connectivity index (χ0) is 20.9. The summed E-state index contributed by atoms with van der Waals surface area (Å²) in [5, 5.41) is 0.668. The van der Waals surface area contributed by atoms with Gasteiger partial charge in [0.05, 0.1) is 24.5 Å². The van der Waals surface area contributed by atoms with Crippen LogP contribution in [0.5, 0.6) is 5.75 Å². The van der Waals surface area contributed by atoms with Gasteiger partial charge in [-0.1, -0.05) is 17.4 Å². The van der Waals surface area contributed by atoms with E-state index in [0.717, 1.165) is 34.6 Å². The van der Waals surface area contributed by atoms with E-state index in [-0.39, 0.29) is 17.8 Å². The van der Waals surface area contributed by atoms with Crippen LogP contribution in [-0.2, 0) is 9.53 Å². The van der Waals surface area contributed by atoms with Crippen molar-refractivity contribution in [3.05, 3.63) is 48.3 Å². The Balaban J connectivity index is 1.50. The molecule has 0 radical (unpaired) electrons. The van der Waals surface area contributed by atoms with E-state index in [1.807, 2.05) is 18.2 Å². The van der Waals surface area contributed by atoms with Crippen molar-refractivity contribution in [2.24, 2.45) is 0 Å². The number of aromatic nitrogens is 1. The van der Waals surface area contributed by atoms with Crippen LogP contribution in [0.3, 0.4) is 0 Å². The molecule has 0 aliphatic carbocycles. The SMILES string of the molecule is COc1cccc2sc(N(C[C@@H]3CCCO3)C(=O)CCSc3ccc(F)cc3)nc12. The molecule has 0 N–H and O–H groups in total. The second-order valence-electron chi connectivity index (χ2n) is 7.00. The van der Waals surface area contributed by atoms with Crippen molar-refractivity contribution in [1.29, 1.82) is 0 Å². The van der Waals surface area contributed by atoms with Crippen LogP contribution in [0.1, 0.15) is 19.3 Å². The van der Waals surface area contributed by atoms with Gasteiger partial charge in [0.25, 0.3) is 0 Å².